The summed E-state index contributed by atoms with van der Waals surface area (Å²) in [6.07, 6.45) is -0.388. The van der Waals surface area contributed by atoms with Crippen LogP contribution in [0.25, 0.3) is 0 Å². The van der Waals surface area contributed by atoms with E-state index in [-0.39, 0.29) is 30.1 Å². The van der Waals surface area contributed by atoms with Gasteiger partial charge in [0.15, 0.2) is 21.3 Å². The number of hydrogen-bond acceptors (Lipinski definition) is 6. The summed E-state index contributed by atoms with van der Waals surface area (Å²) < 4.78 is 40.8. The minimum atomic E-state index is -3.14. The molecule has 0 unspecified atom stereocenters. The van der Waals surface area contributed by atoms with Gasteiger partial charge < -0.3 is 19.1 Å². The topological polar surface area (TPSA) is 82.1 Å². The Bertz CT molecular complexity index is 988. The highest BCUT2D eigenvalue weighted by Crippen LogP contribution is 2.32. The van der Waals surface area contributed by atoms with E-state index in [1.54, 1.807) is 24.1 Å². The predicted molar refractivity (Wildman–Crippen MR) is 107 cm³/mol. The Balaban J connectivity index is 1.56. The largest absolute Gasteiger partial charge is 0.497 e. The Kier molecular flexibility index (Phi) is 5.36. The molecule has 0 saturated carbocycles. The lowest BCUT2D eigenvalue weighted by molar-refractivity contribution is -0.143. The summed E-state index contributed by atoms with van der Waals surface area (Å²) in [6.45, 7) is 0.388. The number of hydrogen-bond donors (Lipinski definition) is 0. The average Bonchev–Trinajstić information content (AvgIpc) is 3.11. The van der Waals surface area contributed by atoms with Crippen molar-refractivity contribution in [3.8, 4) is 17.2 Å². The normalized spacial score (nSPS) is 22.1. The van der Waals surface area contributed by atoms with Crippen LogP contribution in [0.3, 0.4) is 0 Å². The van der Waals surface area contributed by atoms with Crippen LogP contribution in [0.1, 0.15) is 12.0 Å². The van der Waals surface area contributed by atoms with Crippen LogP contribution in [0, 0.1) is 0 Å². The molecule has 2 aromatic carbocycles. The molecule has 2 aliphatic heterocycles. The number of ether oxygens (including phenoxy) is 3. The fraction of sp³-hybridized carbons (Fsp3) is 0.381. The van der Waals surface area contributed by atoms with Crippen LogP contribution >= 0.6 is 0 Å². The zero-order valence-corrected chi connectivity index (χ0v) is 16.9. The van der Waals surface area contributed by atoms with E-state index in [0.717, 1.165) is 11.3 Å². The maximum absolute atomic E-state index is 13.3. The molecule has 0 aromatic heterocycles. The third-order valence-electron chi connectivity index (χ3n) is 5.23. The number of methoxy groups -OCH3 is 1. The Hall–Kier alpha value is -2.74. The zero-order valence-electron chi connectivity index (χ0n) is 16.1. The predicted octanol–water partition coefficient (Wildman–Crippen LogP) is 2.05. The van der Waals surface area contributed by atoms with Gasteiger partial charge in [0.25, 0.3) is 5.91 Å². The van der Waals surface area contributed by atoms with Gasteiger partial charge in [-0.15, -0.1) is 0 Å². The number of fused-ring (bicyclic) bond motifs is 1. The number of nitrogens with zero attached hydrogens (tertiary/aromatic N) is 1. The SMILES string of the molecule is COc1ccc(CN(C(=O)[C@@H]2COc3ccccc3O2)[C@H]2CCS(=O)(=O)C2)cc1. The van der Waals surface area contributed by atoms with E-state index in [0.29, 0.717) is 24.5 Å². The third kappa shape index (κ3) is 4.32. The van der Waals surface area contributed by atoms with Crippen LogP contribution in [0.2, 0.25) is 0 Å². The number of sulfone groups is 1. The summed E-state index contributed by atoms with van der Waals surface area (Å²) in [5.74, 6) is 1.63. The van der Waals surface area contributed by atoms with Crippen molar-refractivity contribution < 1.29 is 27.4 Å². The second-order valence-corrected chi connectivity index (χ2v) is 9.46. The Labute approximate surface area is 170 Å². The summed E-state index contributed by atoms with van der Waals surface area (Å²) in [5, 5.41) is 0. The lowest BCUT2D eigenvalue weighted by atomic mass is 10.1. The molecule has 1 saturated heterocycles. The molecule has 2 aliphatic rings. The minimum Gasteiger partial charge on any atom is -0.497 e. The fourth-order valence-electron chi connectivity index (χ4n) is 3.66. The summed E-state index contributed by atoms with van der Waals surface area (Å²) in [5.41, 5.74) is 0.889. The van der Waals surface area contributed by atoms with E-state index in [2.05, 4.69) is 0 Å². The van der Waals surface area contributed by atoms with Gasteiger partial charge in [-0.1, -0.05) is 24.3 Å². The number of rotatable bonds is 5. The monoisotopic (exact) mass is 417 g/mol. The molecule has 1 amide bonds. The van der Waals surface area contributed by atoms with Crippen molar-refractivity contribution in [1.29, 1.82) is 0 Å². The van der Waals surface area contributed by atoms with Crippen molar-refractivity contribution in [1.82, 2.24) is 4.90 Å². The van der Waals surface area contributed by atoms with E-state index in [9.17, 15) is 13.2 Å². The van der Waals surface area contributed by atoms with Gasteiger partial charge in [0.05, 0.1) is 18.6 Å². The maximum atomic E-state index is 13.3. The molecule has 29 heavy (non-hydrogen) atoms. The number of carbonyl (C=O) groups is 1. The zero-order chi connectivity index (χ0) is 20.4. The molecule has 154 valence electrons. The fourth-order valence-corrected chi connectivity index (χ4v) is 5.39. The van der Waals surface area contributed by atoms with E-state index < -0.39 is 15.9 Å². The first kappa shape index (κ1) is 19.6. The van der Waals surface area contributed by atoms with Gasteiger partial charge in [-0.2, -0.15) is 0 Å². The highest BCUT2D eigenvalue weighted by Gasteiger charge is 2.39. The van der Waals surface area contributed by atoms with E-state index in [1.165, 1.54) is 0 Å². The summed E-state index contributed by atoms with van der Waals surface area (Å²) in [4.78, 5) is 15.0. The first-order chi connectivity index (χ1) is 13.9. The first-order valence-electron chi connectivity index (χ1n) is 9.47. The molecular weight excluding hydrogens is 394 g/mol. The average molecular weight is 417 g/mol. The van der Waals surface area contributed by atoms with Crippen molar-refractivity contribution in [2.75, 3.05) is 25.2 Å². The quantitative estimate of drug-likeness (QED) is 0.741. The van der Waals surface area contributed by atoms with Crippen molar-refractivity contribution in [3.05, 3.63) is 54.1 Å². The number of carbonyl (C=O) groups excluding carboxylic acids is 1. The summed E-state index contributed by atoms with van der Waals surface area (Å²) in [7, 11) is -1.55. The molecule has 2 atom stereocenters. The molecule has 0 radical (unpaired) electrons. The number of benzene rings is 2. The summed E-state index contributed by atoms with van der Waals surface area (Å²) in [6, 6.07) is 14.2. The molecule has 2 heterocycles. The van der Waals surface area contributed by atoms with Crippen molar-refractivity contribution in [2.24, 2.45) is 0 Å². The van der Waals surface area contributed by atoms with Crippen molar-refractivity contribution in [2.45, 2.75) is 25.1 Å². The smallest absolute Gasteiger partial charge is 0.267 e. The van der Waals surface area contributed by atoms with E-state index in [1.807, 2.05) is 36.4 Å². The van der Waals surface area contributed by atoms with Crippen LogP contribution in [-0.4, -0.2) is 56.6 Å². The summed E-state index contributed by atoms with van der Waals surface area (Å²) >= 11 is 0. The number of amides is 1. The molecular formula is C21H23NO6S. The molecule has 4 rings (SSSR count). The molecule has 7 nitrogen and oxygen atoms in total. The van der Waals surface area contributed by atoms with Crippen LogP contribution in [0.4, 0.5) is 0 Å². The highest BCUT2D eigenvalue weighted by atomic mass is 32.2. The molecule has 2 aromatic rings. The van der Waals surface area contributed by atoms with E-state index >= 15 is 0 Å². The van der Waals surface area contributed by atoms with Gasteiger partial charge in [0.1, 0.15) is 12.4 Å². The molecule has 0 aliphatic carbocycles. The standard InChI is InChI=1S/C21H23NO6S/c1-26-17-8-6-15(7-9-17)12-22(16-10-11-29(24,25)14-16)21(23)20-13-27-18-4-2-3-5-19(18)28-20/h2-9,16,20H,10-14H2,1H3/t16-,20-/m0/s1. The van der Waals surface area contributed by atoms with Gasteiger partial charge in [-0.3, -0.25) is 4.79 Å². The van der Waals surface area contributed by atoms with Crippen molar-refractivity contribution in [3.63, 3.8) is 0 Å². The van der Waals surface area contributed by atoms with Crippen LogP contribution in [-0.2, 0) is 21.2 Å². The van der Waals surface area contributed by atoms with Gasteiger partial charge in [0, 0.05) is 12.6 Å². The molecule has 0 bridgehead atoms. The van der Waals surface area contributed by atoms with Gasteiger partial charge >= 0.3 is 0 Å². The van der Waals surface area contributed by atoms with Crippen LogP contribution < -0.4 is 14.2 Å². The first-order valence-corrected chi connectivity index (χ1v) is 11.3. The Morgan fingerprint density at radius 3 is 2.52 bits per heavy atom. The lowest BCUT2D eigenvalue weighted by Crippen LogP contribution is -2.50. The van der Waals surface area contributed by atoms with Crippen molar-refractivity contribution >= 4 is 15.7 Å². The molecule has 0 spiro atoms. The second-order valence-electron chi connectivity index (χ2n) is 7.24. The van der Waals surface area contributed by atoms with Gasteiger partial charge in [-0.05, 0) is 36.2 Å². The highest BCUT2D eigenvalue weighted by molar-refractivity contribution is 7.91. The van der Waals surface area contributed by atoms with Gasteiger partial charge in [-0.25, -0.2) is 8.42 Å². The Morgan fingerprint density at radius 1 is 1.14 bits per heavy atom. The van der Waals surface area contributed by atoms with E-state index in [4.69, 9.17) is 14.2 Å². The molecule has 0 N–H and O–H groups in total. The third-order valence-corrected chi connectivity index (χ3v) is 6.98. The second kappa shape index (κ2) is 7.94. The lowest BCUT2D eigenvalue weighted by Gasteiger charge is -2.34. The minimum absolute atomic E-state index is 0.0287. The molecule has 1 fully saturated rings. The Morgan fingerprint density at radius 2 is 1.86 bits per heavy atom. The van der Waals surface area contributed by atoms with Gasteiger partial charge in [0.2, 0.25) is 6.10 Å². The number of para-hydroxylation sites is 2. The van der Waals surface area contributed by atoms with Crippen LogP contribution in [0.5, 0.6) is 17.2 Å². The van der Waals surface area contributed by atoms with Crippen LogP contribution in [0.15, 0.2) is 48.5 Å². The molecule has 8 heteroatoms. The maximum Gasteiger partial charge on any atom is 0.267 e.